The molecule has 0 aliphatic heterocycles. The van der Waals surface area contributed by atoms with E-state index >= 15 is 0 Å². The second-order valence-electron chi connectivity index (χ2n) is 3.91. The van der Waals surface area contributed by atoms with Gasteiger partial charge in [-0.05, 0) is 24.3 Å². The SMILES string of the molecule is c1cc(-c2cnc(CNC3CC3)[nH]2)cs1. The van der Waals surface area contributed by atoms with E-state index in [0.717, 1.165) is 24.1 Å². The molecule has 0 saturated heterocycles. The summed E-state index contributed by atoms with van der Waals surface area (Å²) in [5, 5.41) is 7.65. The third-order valence-electron chi connectivity index (χ3n) is 2.60. The van der Waals surface area contributed by atoms with Crippen LogP contribution in [0.3, 0.4) is 0 Å². The maximum absolute atomic E-state index is 4.36. The van der Waals surface area contributed by atoms with Crippen molar-refractivity contribution in [2.45, 2.75) is 25.4 Å². The summed E-state index contributed by atoms with van der Waals surface area (Å²) < 4.78 is 0. The normalized spacial score (nSPS) is 15.7. The van der Waals surface area contributed by atoms with E-state index in [9.17, 15) is 0 Å². The first kappa shape index (κ1) is 9.12. The fourth-order valence-electron chi connectivity index (χ4n) is 1.55. The maximum Gasteiger partial charge on any atom is 0.120 e. The molecule has 0 radical (unpaired) electrons. The molecule has 1 aliphatic carbocycles. The number of aromatic amines is 1. The van der Waals surface area contributed by atoms with Crippen molar-refractivity contribution in [3.05, 3.63) is 28.8 Å². The lowest BCUT2D eigenvalue weighted by molar-refractivity contribution is 0.664. The van der Waals surface area contributed by atoms with E-state index in [0.29, 0.717) is 0 Å². The van der Waals surface area contributed by atoms with Crippen LogP contribution >= 0.6 is 11.3 Å². The fraction of sp³-hybridized carbons (Fsp3) is 0.364. The van der Waals surface area contributed by atoms with Crippen molar-refractivity contribution in [2.75, 3.05) is 0 Å². The van der Waals surface area contributed by atoms with E-state index in [-0.39, 0.29) is 0 Å². The fourth-order valence-corrected chi connectivity index (χ4v) is 2.20. The van der Waals surface area contributed by atoms with Gasteiger partial charge in [-0.25, -0.2) is 4.98 Å². The van der Waals surface area contributed by atoms with Crippen LogP contribution in [0.25, 0.3) is 11.3 Å². The van der Waals surface area contributed by atoms with Gasteiger partial charge in [-0.15, -0.1) is 0 Å². The summed E-state index contributed by atoms with van der Waals surface area (Å²) in [6.45, 7) is 0.856. The third kappa shape index (κ3) is 2.11. The number of hydrogen-bond donors (Lipinski definition) is 2. The Balaban J connectivity index is 1.69. The molecule has 0 spiro atoms. The first-order valence-corrected chi connectivity index (χ1v) is 6.16. The van der Waals surface area contributed by atoms with E-state index in [1.165, 1.54) is 18.4 Å². The number of aromatic nitrogens is 2. The predicted molar refractivity (Wildman–Crippen MR) is 61.8 cm³/mol. The van der Waals surface area contributed by atoms with Gasteiger partial charge in [0.05, 0.1) is 18.4 Å². The monoisotopic (exact) mass is 219 g/mol. The van der Waals surface area contributed by atoms with Crippen molar-refractivity contribution in [2.24, 2.45) is 0 Å². The van der Waals surface area contributed by atoms with Crippen LogP contribution < -0.4 is 5.32 Å². The molecular formula is C11H13N3S. The number of H-pyrrole nitrogens is 1. The molecule has 1 aliphatic rings. The van der Waals surface area contributed by atoms with Crippen LogP contribution in [0.1, 0.15) is 18.7 Å². The minimum atomic E-state index is 0.736. The van der Waals surface area contributed by atoms with Crippen LogP contribution in [0.2, 0.25) is 0 Å². The summed E-state index contributed by atoms with van der Waals surface area (Å²) in [5.41, 5.74) is 2.34. The molecule has 1 saturated carbocycles. The largest absolute Gasteiger partial charge is 0.341 e. The average molecular weight is 219 g/mol. The quantitative estimate of drug-likeness (QED) is 0.829. The Morgan fingerprint density at radius 3 is 3.20 bits per heavy atom. The predicted octanol–water partition coefficient (Wildman–Crippen LogP) is 2.39. The van der Waals surface area contributed by atoms with E-state index in [4.69, 9.17) is 0 Å². The van der Waals surface area contributed by atoms with Gasteiger partial charge in [0.15, 0.2) is 0 Å². The molecule has 15 heavy (non-hydrogen) atoms. The molecule has 2 aromatic heterocycles. The first-order valence-electron chi connectivity index (χ1n) is 5.21. The van der Waals surface area contributed by atoms with Crippen molar-refractivity contribution in [3.63, 3.8) is 0 Å². The molecule has 0 bridgehead atoms. The zero-order valence-electron chi connectivity index (χ0n) is 8.36. The smallest absolute Gasteiger partial charge is 0.120 e. The Bertz CT molecular complexity index is 428. The van der Waals surface area contributed by atoms with Gasteiger partial charge in [-0.1, -0.05) is 0 Å². The van der Waals surface area contributed by atoms with Gasteiger partial charge in [0.2, 0.25) is 0 Å². The van der Waals surface area contributed by atoms with Crippen LogP contribution in [-0.2, 0) is 6.54 Å². The van der Waals surface area contributed by atoms with Gasteiger partial charge in [-0.3, -0.25) is 0 Å². The number of imidazole rings is 1. The molecule has 1 fully saturated rings. The number of nitrogens with one attached hydrogen (secondary N) is 2. The summed E-state index contributed by atoms with van der Waals surface area (Å²) >= 11 is 1.71. The molecule has 3 rings (SSSR count). The lowest BCUT2D eigenvalue weighted by Crippen LogP contribution is -2.16. The van der Waals surface area contributed by atoms with Gasteiger partial charge in [0.25, 0.3) is 0 Å². The summed E-state index contributed by atoms with van der Waals surface area (Å²) in [5.74, 6) is 1.03. The van der Waals surface area contributed by atoms with Crippen molar-refractivity contribution < 1.29 is 0 Å². The first-order chi connectivity index (χ1) is 7.42. The number of hydrogen-bond acceptors (Lipinski definition) is 3. The van der Waals surface area contributed by atoms with E-state index in [2.05, 4.69) is 32.1 Å². The van der Waals surface area contributed by atoms with Crippen LogP contribution in [0.5, 0.6) is 0 Å². The molecule has 78 valence electrons. The van der Waals surface area contributed by atoms with Crippen molar-refractivity contribution in [1.29, 1.82) is 0 Å². The highest BCUT2D eigenvalue weighted by molar-refractivity contribution is 7.08. The highest BCUT2D eigenvalue weighted by Crippen LogP contribution is 2.21. The highest BCUT2D eigenvalue weighted by Gasteiger charge is 2.20. The number of nitrogens with zero attached hydrogens (tertiary/aromatic N) is 1. The van der Waals surface area contributed by atoms with Gasteiger partial charge in [-0.2, -0.15) is 11.3 Å². The van der Waals surface area contributed by atoms with Crippen molar-refractivity contribution >= 4 is 11.3 Å². The Morgan fingerprint density at radius 2 is 2.47 bits per heavy atom. The van der Waals surface area contributed by atoms with Crippen LogP contribution in [0.15, 0.2) is 23.0 Å². The summed E-state index contributed by atoms with van der Waals surface area (Å²) in [6, 6.07) is 2.84. The molecule has 0 atom stereocenters. The number of thiophene rings is 1. The molecule has 3 nitrogen and oxygen atoms in total. The minimum Gasteiger partial charge on any atom is -0.341 e. The van der Waals surface area contributed by atoms with Gasteiger partial charge in [0.1, 0.15) is 5.82 Å². The second kappa shape index (κ2) is 3.79. The van der Waals surface area contributed by atoms with Crippen LogP contribution in [0, 0.1) is 0 Å². The Labute approximate surface area is 92.6 Å². The summed E-state index contributed by atoms with van der Waals surface area (Å²) in [7, 11) is 0. The highest BCUT2D eigenvalue weighted by atomic mass is 32.1. The van der Waals surface area contributed by atoms with Crippen molar-refractivity contribution in [3.8, 4) is 11.3 Å². The van der Waals surface area contributed by atoms with Crippen LogP contribution in [0.4, 0.5) is 0 Å². The molecule has 2 heterocycles. The van der Waals surface area contributed by atoms with Crippen molar-refractivity contribution in [1.82, 2.24) is 15.3 Å². The second-order valence-corrected chi connectivity index (χ2v) is 4.69. The molecule has 0 unspecified atom stereocenters. The molecule has 2 aromatic rings. The van der Waals surface area contributed by atoms with Gasteiger partial charge < -0.3 is 10.3 Å². The Kier molecular flexibility index (Phi) is 2.31. The lowest BCUT2D eigenvalue weighted by Gasteiger charge is -1.97. The third-order valence-corrected chi connectivity index (χ3v) is 3.28. The molecule has 2 N–H and O–H groups in total. The maximum atomic E-state index is 4.36. The van der Waals surface area contributed by atoms with E-state index < -0.39 is 0 Å². The molecule has 0 aromatic carbocycles. The molecule has 0 amide bonds. The zero-order chi connectivity index (χ0) is 10.1. The van der Waals surface area contributed by atoms with E-state index in [1.807, 2.05) is 6.20 Å². The molecule has 4 heteroatoms. The number of rotatable bonds is 4. The topological polar surface area (TPSA) is 40.7 Å². The lowest BCUT2D eigenvalue weighted by atomic mass is 10.3. The Hall–Kier alpha value is -1.13. The average Bonchev–Trinajstić information content (AvgIpc) is 2.78. The summed E-state index contributed by atoms with van der Waals surface area (Å²) in [4.78, 5) is 7.69. The van der Waals surface area contributed by atoms with Crippen LogP contribution in [-0.4, -0.2) is 16.0 Å². The summed E-state index contributed by atoms with van der Waals surface area (Å²) in [6.07, 6.45) is 4.54. The van der Waals surface area contributed by atoms with Gasteiger partial charge in [0, 0.05) is 17.0 Å². The zero-order valence-corrected chi connectivity index (χ0v) is 9.18. The van der Waals surface area contributed by atoms with E-state index in [1.54, 1.807) is 11.3 Å². The minimum absolute atomic E-state index is 0.736. The Morgan fingerprint density at radius 1 is 1.53 bits per heavy atom. The molecular weight excluding hydrogens is 206 g/mol. The van der Waals surface area contributed by atoms with Gasteiger partial charge >= 0.3 is 0 Å². The standard InChI is InChI=1S/C11H13N3S/c1-2-9(1)12-6-11-13-5-10(14-11)8-3-4-15-7-8/h3-5,7,9,12H,1-2,6H2,(H,13,14).